The largest absolute Gasteiger partial charge is 0.506 e. The van der Waals surface area contributed by atoms with Crippen LogP contribution >= 0.6 is 11.3 Å². The Morgan fingerprint density at radius 2 is 2.03 bits per heavy atom. The third kappa shape index (κ3) is 3.77. The molecule has 30 heavy (non-hydrogen) atoms. The Morgan fingerprint density at radius 3 is 2.83 bits per heavy atom. The first-order valence-electron chi connectivity index (χ1n) is 10.8. The van der Waals surface area contributed by atoms with E-state index in [2.05, 4.69) is 32.7 Å². The number of carbonyl (C=O) groups excluding carboxylic acids is 1. The summed E-state index contributed by atoms with van der Waals surface area (Å²) in [6.07, 6.45) is 5.81. The minimum absolute atomic E-state index is 0.104. The first-order chi connectivity index (χ1) is 14.7. The third-order valence-electron chi connectivity index (χ3n) is 5.99. The van der Waals surface area contributed by atoms with Gasteiger partial charge < -0.3 is 25.6 Å². The summed E-state index contributed by atoms with van der Waals surface area (Å²) in [6, 6.07) is 7.55. The summed E-state index contributed by atoms with van der Waals surface area (Å²) < 4.78 is 0. The maximum Gasteiger partial charge on any atom is 0.253 e. The molecule has 5 rings (SSSR count). The lowest BCUT2D eigenvalue weighted by molar-refractivity contribution is 0.0932. The molecule has 4 heterocycles. The first kappa shape index (κ1) is 19.4. The maximum atomic E-state index is 12.9. The molecule has 2 saturated heterocycles. The Bertz CT molecular complexity index is 1050. The Morgan fingerprint density at radius 1 is 1.17 bits per heavy atom. The lowest BCUT2D eigenvalue weighted by Gasteiger charge is -2.27. The number of aromatic amines is 1. The van der Waals surface area contributed by atoms with Crippen molar-refractivity contribution < 1.29 is 9.90 Å². The molecule has 1 amide bonds. The van der Waals surface area contributed by atoms with Crippen LogP contribution in [0.3, 0.4) is 0 Å². The number of benzene rings is 1. The van der Waals surface area contributed by atoms with Crippen molar-refractivity contribution in [3.63, 3.8) is 0 Å². The smallest absolute Gasteiger partial charge is 0.253 e. The van der Waals surface area contributed by atoms with Crippen LogP contribution in [-0.2, 0) is 0 Å². The van der Waals surface area contributed by atoms with E-state index in [9.17, 15) is 9.90 Å². The molecule has 0 radical (unpaired) electrons. The molecule has 2 aromatic heterocycles. The van der Waals surface area contributed by atoms with Gasteiger partial charge in [0, 0.05) is 25.7 Å². The van der Waals surface area contributed by atoms with Crippen molar-refractivity contribution in [2.75, 3.05) is 31.1 Å². The molecule has 1 aromatic carbocycles. The number of amides is 1. The number of rotatable bonds is 4. The normalized spacial score (nSPS) is 19.9. The molecule has 0 saturated carbocycles. The number of hydrogen-bond donors (Lipinski definition) is 4. The van der Waals surface area contributed by atoms with Crippen LogP contribution in [0.1, 0.15) is 42.5 Å². The van der Waals surface area contributed by atoms with E-state index in [0.717, 1.165) is 43.9 Å². The molecular formula is C22H27N5O2S. The Labute approximate surface area is 179 Å². The van der Waals surface area contributed by atoms with Crippen molar-refractivity contribution in [3.8, 4) is 16.5 Å². The highest BCUT2D eigenvalue weighted by Crippen LogP contribution is 2.36. The number of carbonyl (C=O) groups is 1. The fourth-order valence-corrected chi connectivity index (χ4v) is 5.36. The van der Waals surface area contributed by atoms with Crippen molar-refractivity contribution in [1.29, 1.82) is 0 Å². The predicted octanol–water partition coefficient (Wildman–Crippen LogP) is 3.47. The van der Waals surface area contributed by atoms with Crippen LogP contribution in [0.2, 0.25) is 0 Å². The van der Waals surface area contributed by atoms with E-state index in [1.54, 1.807) is 23.5 Å². The van der Waals surface area contributed by atoms with Gasteiger partial charge in [0.2, 0.25) is 0 Å². The molecule has 158 valence electrons. The minimum atomic E-state index is -0.146. The quantitative estimate of drug-likeness (QED) is 0.514. The van der Waals surface area contributed by atoms with Crippen LogP contribution < -0.4 is 15.5 Å². The SMILES string of the molecule is O=C(NC1CCCNC1)c1ccc(O)c2[nH]c(-c3ccc(N4CCCCC4)s3)nc12. The summed E-state index contributed by atoms with van der Waals surface area (Å²) in [5, 5.41) is 18.0. The molecule has 0 aliphatic carbocycles. The minimum Gasteiger partial charge on any atom is -0.506 e. The van der Waals surface area contributed by atoms with Crippen LogP contribution in [0.5, 0.6) is 5.75 Å². The molecule has 7 nitrogen and oxygen atoms in total. The molecule has 1 unspecified atom stereocenters. The number of phenols is 1. The number of thiophene rings is 1. The van der Waals surface area contributed by atoms with E-state index in [1.165, 1.54) is 24.3 Å². The van der Waals surface area contributed by atoms with Crippen molar-refractivity contribution >= 4 is 33.3 Å². The third-order valence-corrected chi connectivity index (χ3v) is 7.15. The van der Waals surface area contributed by atoms with Gasteiger partial charge in [0.25, 0.3) is 5.91 Å². The second-order valence-electron chi connectivity index (χ2n) is 8.14. The zero-order chi connectivity index (χ0) is 20.5. The van der Waals surface area contributed by atoms with Crippen molar-refractivity contribution in [1.82, 2.24) is 20.6 Å². The van der Waals surface area contributed by atoms with Crippen LogP contribution in [0, 0.1) is 0 Å². The van der Waals surface area contributed by atoms with Crippen molar-refractivity contribution in [3.05, 3.63) is 29.8 Å². The standard InChI is InChI=1S/C22H27N5O2S/c28-16-7-6-15(22(29)24-14-5-4-10-23-13-14)19-20(16)26-21(25-19)17-8-9-18(30-17)27-11-2-1-3-12-27/h6-9,14,23,28H,1-5,10-13H2,(H,24,29)(H,25,26). The van der Waals surface area contributed by atoms with Gasteiger partial charge in [-0.15, -0.1) is 11.3 Å². The van der Waals surface area contributed by atoms with Gasteiger partial charge in [-0.05, 0) is 62.9 Å². The van der Waals surface area contributed by atoms with E-state index in [1.807, 2.05) is 0 Å². The van der Waals surface area contributed by atoms with E-state index >= 15 is 0 Å². The average molecular weight is 426 g/mol. The van der Waals surface area contributed by atoms with Crippen LogP contribution in [0.4, 0.5) is 5.00 Å². The number of phenolic OH excluding ortho intramolecular Hbond substituents is 1. The summed E-state index contributed by atoms with van der Waals surface area (Å²) in [5.74, 6) is 0.646. The number of aromatic hydroxyl groups is 1. The van der Waals surface area contributed by atoms with Crippen molar-refractivity contribution in [2.24, 2.45) is 0 Å². The van der Waals surface area contributed by atoms with E-state index in [4.69, 9.17) is 4.98 Å². The first-order valence-corrected chi connectivity index (χ1v) is 11.6. The van der Waals surface area contributed by atoms with Gasteiger partial charge in [0.15, 0.2) is 0 Å². The number of fused-ring (bicyclic) bond motifs is 1. The molecule has 1 atom stereocenters. The predicted molar refractivity (Wildman–Crippen MR) is 120 cm³/mol. The Kier molecular flexibility index (Phi) is 5.35. The van der Waals surface area contributed by atoms with Crippen LogP contribution in [0.15, 0.2) is 24.3 Å². The number of piperidine rings is 2. The second-order valence-corrected chi connectivity index (χ2v) is 9.21. The molecule has 2 aliphatic heterocycles. The van der Waals surface area contributed by atoms with Gasteiger partial charge in [-0.25, -0.2) is 4.98 Å². The van der Waals surface area contributed by atoms with Crippen LogP contribution in [0.25, 0.3) is 21.7 Å². The highest BCUT2D eigenvalue weighted by atomic mass is 32.1. The summed E-state index contributed by atoms with van der Waals surface area (Å²) in [5.41, 5.74) is 1.51. The fraction of sp³-hybridized carbons (Fsp3) is 0.455. The molecule has 4 N–H and O–H groups in total. The fourth-order valence-electron chi connectivity index (χ4n) is 4.36. The molecule has 0 spiro atoms. The molecule has 2 aliphatic rings. The van der Waals surface area contributed by atoms with E-state index in [0.29, 0.717) is 22.4 Å². The zero-order valence-electron chi connectivity index (χ0n) is 16.9. The summed E-state index contributed by atoms with van der Waals surface area (Å²) >= 11 is 1.70. The molecular weight excluding hydrogens is 398 g/mol. The number of anilines is 1. The zero-order valence-corrected chi connectivity index (χ0v) is 17.7. The number of hydrogen-bond acceptors (Lipinski definition) is 6. The average Bonchev–Trinajstić information content (AvgIpc) is 3.43. The second kappa shape index (κ2) is 8.28. The van der Waals surface area contributed by atoms with Crippen molar-refractivity contribution in [2.45, 2.75) is 38.1 Å². The summed E-state index contributed by atoms with van der Waals surface area (Å²) in [4.78, 5) is 24.3. The highest BCUT2D eigenvalue weighted by Gasteiger charge is 2.22. The molecule has 8 heteroatoms. The lowest BCUT2D eigenvalue weighted by atomic mass is 10.1. The monoisotopic (exact) mass is 425 g/mol. The van der Waals surface area contributed by atoms with Gasteiger partial charge in [-0.1, -0.05) is 0 Å². The number of nitrogens with zero attached hydrogens (tertiary/aromatic N) is 2. The van der Waals surface area contributed by atoms with Gasteiger partial charge in [-0.2, -0.15) is 0 Å². The molecule has 2 fully saturated rings. The highest BCUT2D eigenvalue weighted by molar-refractivity contribution is 7.19. The van der Waals surface area contributed by atoms with Gasteiger partial charge >= 0.3 is 0 Å². The lowest BCUT2D eigenvalue weighted by Crippen LogP contribution is -2.45. The van der Waals surface area contributed by atoms with E-state index < -0.39 is 0 Å². The van der Waals surface area contributed by atoms with Gasteiger partial charge in [0.05, 0.1) is 15.4 Å². The topological polar surface area (TPSA) is 93.3 Å². The van der Waals surface area contributed by atoms with Crippen LogP contribution in [-0.4, -0.2) is 53.2 Å². The summed E-state index contributed by atoms with van der Waals surface area (Å²) in [6.45, 7) is 3.98. The summed E-state index contributed by atoms with van der Waals surface area (Å²) in [7, 11) is 0. The number of imidazole rings is 1. The maximum absolute atomic E-state index is 12.9. The number of aromatic nitrogens is 2. The van der Waals surface area contributed by atoms with Gasteiger partial charge in [-0.3, -0.25) is 4.79 Å². The Hall–Kier alpha value is -2.58. The Balaban J connectivity index is 1.43. The molecule has 0 bridgehead atoms. The van der Waals surface area contributed by atoms with E-state index in [-0.39, 0.29) is 17.7 Å². The number of H-pyrrole nitrogens is 1. The molecule has 3 aromatic rings. The number of nitrogens with one attached hydrogen (secondary N) is 3. The van der Waals surface area contributed by atoms with Gasteiger partial charge in [0.1, 0.15) is 22.6 Å².